The van der Waals surface area contributed by atoms with Gasteiger partial charge in [-0.25, -0.2) is 4.39 Å². The van der Waals surface area contributed by atoms with Crippen LogP contribution in [0.5, 0.6) is 0 Å². The zero-order valence-electron chi connectivity index (χ0n) is 9.79. The van der Waals surface area contributed by atoms with Gasteiger partial charge < -0.3 is 4.74 Å². The molecule has 0 atom stereocenters. The second-order valence-electron chi connectivity index (χ2n) is 4.63. The molecule has 0 saturated heterocycles. The lowest BCUT2D eigenvalue weighted by atomic mass is 10.1. The van der Waals surface area contributed by atoms with Gasteiger partial charge in [-0.05, 0) is 42.5 Å². The highest BCUT2D eigenvalue weighted by Crippen LogP contribution is 2.25. The highest BCUT2D eigenvalue weighted by Gasteiger charge is 2.14. The molecule has 1 aliphatic carbocycles. The van der Waals surface area contributed by atoms with Crippen LogP contribution in [0.1, 0.15) is 36.8 Å². The Balaban J connectivity index is 1.85. The smallest absolute Gasteiger partial charge is 0.124 e. The summed E-state index contributed by atoms with van der Waals surface area (Å²) in [7, 11) is 0. The topological polar surface area (TPSA) is 33.0 Å². The summed E-state index contributed by atoms with van der Waals surface area (Å²) in [5.41, 5.74) is 1.09. The average Bonchev–Trinajstić information content (AvgIpc) is 2.81. The minimum Gasteiger partial charge on any atom is -0.376 e. The quantitative estimate of drug-likeness (QED) is 0.798. The maximum absolute atomic E-state index is 13.1. The first-order valence-corrected chi connectivity index (χ1v) is 6.05. The lowest BCUT2D eigenvalue weighted by molar-refractivity contribution is 0.0887. The molecule has 1 aromatic rings. The highest BCUT2D eigenvalue weighted by atomic mass is 19.1. The molecular weight excluding hydrogens is 217 g/mol. The van der Waals surface area contributed by atoms with E-state index >= 15 is 0 Å². The molecule has 2 nitrogen and oxygen atoms in total. The summed E-state index contributed by atoms with van der Waals surface area (Å²) >= 11 is 0. The van der Waals surface area contributed by atoms with Crippen molar-refractivity contribution in [2.75, 3.05) is 6.61 Å². The number of rotatable bonds is 4. The minimum absolute atomic E-state index is 0.351. The standard InChI is InChI=1S/C14H16FNO/c15-14-6-12(8-16)5-13(7-14)10-17-9-11-3-1-2-4-11/h5-7,11H,1-4,9-10H2. The first-order chi connectivity index (χ1) is 8.28. The van der Waals surface area contributed by atoms with Crippen LogP contribution in [0.3, 0.4) is 0 Å². The Hall–Kier alpha value is -1.40. The van der Waals surface area contributed by atoms with E-state index in [1.165, 1.54) is 37.8 Å². The number of ether oxygens (including phenoxy) is 1. The van der Waals surface area contributed by atoms with Gasteiger partial charge in [0, 0.05) is 6.61 Å². The molecule has 1 aliphatic rings. The number of halogens is 1. The molecule has 0 amide bonds. The predicted molar refractivity (Wildman–Crippen MR) is 62.7 cm³/mol. The van der Waals surface area contributed by atoms with Crippen molar-refractivity contribution in [1.29, 1.82) is 5.26 Å². The van der Waals surface area contributed by atoms with Crippen LogP contribution >= 0.6 is 0 Å². The molecule has 1 saturated carbocycles. The molecular formula is C14H16FNO. The molecule has 0 unspecified atom stereocenters. The van der Waals surface area contributed by atoms with Crippen molar-refractivity contribution in [2.24, 2.45) is 5.92 Å². The van der Waals surface area contributed by atoms with Crippen LogP contribution in [-0.4, -0.2) is 6.61 Å². The summed E-state index contributed by atoms with van der Waals surface area (Å²) in [6.45, 7) is 1.14. The molecule has 0 radical (unpaired) electrons. The Morgan fingerprint density at radius 2 is 2.06 bits per heavy atom. The number of benzene rings is 1. The van der Waals surface area contributed by atoms with E-state index < -0.39 is 0 Å². The monoisotopic (exact) mass is 233 g/mol. The van der Waals surface area contributed by atoms with E-state index in [9.17, 15) is 4.39 Å². The summed E-state index contributed by atoms with van der Waals surface area (Å²) in [5.74, 6) is 0.294. The van der Waals surface area contributed by atoms with Gasteiger partial charge in [0.05, 0.1) is 18.2 Å². The van der Waals surface area contributed by atoms with Crippen LogP contribution in [0.4, 0.5) is 4.39 Å². The Bertz CT molecular complexity index is 419. The summed E-state index contributed by atoms with van der Waals surface area (Å²) in [5, 5.41) is 8.73. The van der Waals surface area contributed by atoms with Crippen molar-refractivity contribution in [3.8, 4) is 6.07 Å². The predicted octanol–water partition coefficient (Wildman–Crippen LogP) is 3.40. The normalized spacial score (nSPS) is 16.0. The van der Waals surface area contributed by atoms with Gasteiger partial charge in [-0.1, -0.05) is 12.8 Å². The fraction of sp³-hybridized carbons (Fsp3) is 0.500. The van der Waals surface area contributed by atoms with Gasteiger partial charge in [0.1, 0.15) is 5.82 Å². The first-order valence-electron chi connectivity index (χ1n) is 6.05. The molecule has 90 valence electrons. The molecule has 3 heteroatoms. The number of hydrogen-bond donors (Lipinski definition) is 0. The number of hydrogen-bond acceptors (Lipinski definition) is 2. The molecule has 1 aromatic carbocycles. The second-order valence-corrected chi connectivity index (χ2v) is 4.63. The third-order valence-corrected chi connectivity index (χ3v) is 3.18. The third-order valence-electron chi connectivity index (χ3n) is 3.18. The van der Waals surface area contributed by atoms with Crippen LogP contribution in [-0.2, 0) is 11.3 Å². The SMILES string of the molecule is N#Cc1cc(F)cc(COCC2CCCC2)c1. The molecule has 1 fully saturated rings. The van der Waals surface area contributed by atoms with Gasteiger partial charge in [0.25, 0.3) is 0 Å². The molecule has 0 heterocycles. The van der Waals surface area contributed by atoms with Crippen molar-refractivity contribution < 1.29 is 9.13 Å². The number of nitrogens with zero attached hydrogens (tertiary/aromatic N) is 1. The number of nitriles is 1. The van der Waals surface area contributed by atoms with Gasteiger partial charge in [-0.2, -0.15) is 5.26 Å². The molecule has 0 aliphatic heterocycles. The van der Waals surface area contributed by atoms with Crippen molar-refractivity contribution in [3.63, 3.8) is 0 Å². The minimum atomic E-state index is -0.372. The zero-order chi connectivity index (χ0) is 12.1. The van der Waals surface area contributed by atoms with Crippen molar-refractivity contribution in [2.45, 2.75) is 32.3 Å². The zero-order valence-corrected chi connectivity index (χ0v) is 9.79. The Kier molecular flexibility index (Phi) is 4.11. The molecule has 17 heavy (non-hydrogen) atoms. The van der Waals surface area contributed by atoms with Crippen LogP contribution < -0.4 is 0 Å². The Morgan fingerprint density at radius 1 is 1.29 bits per heavy atom. The Morgan fingerprint density at radius 3 is 2.76 bits per heavy atom. The van der Waals surface area contributed by atoms with Crippen LogP contribution in [0.2, 0.25) is 0 Å². The summed E-state index contributed by atoms with van der Waals surface area (Å²) < 4.78 is 18.7. The summed E-state index contributed by atoms with van der Waals surface area (Å²) in [4.78, 5) is 0. The molecule has 0 spiro atoms. The first kappa shape index (κ1) is 12.1. The summed E-state index contributed by atoms with van der Waals surface area (Å²) in [6.07, 6.45) is 5.08. The van der Waals surface area contributed by atoms with E-state index in [0.717, 1.165) is 12.2 Å². The summed E-state index contributed by atoms with van der Waals surface area (Å²) in [6, 6.07) is 6.29. The van der Waals surface area contributed by atoms with Crippen LogP contribution in [0.25, 0.3) is 0 Å². The molecule has 0 aromatic heterocycles. The maximum Gasteiger partial charge on any atom is 0.124 e. The maximum atomic E-state index is 13.1. The molecule has 2 rings (SSSR count). The van der Waals surface area contributed by atoms with Gasteiger partial charge in [-0.3, -0.25) is 0 Å². The van der Waals surface area contributed by atoms with E-state index in [1.54, 1.807) is 6.07 Å². The molecule has 0 N–H and O–H groups in total. The average molecular weight is 233 g/mol. The van der Waals surface area contributed by atoms with E-state index in [2.05, 4.69) is 0 Å². The lowest BCUT2D eigenvalue weighted by Crippen LogP contribution is -2.05. The van der Waals surface area contributed by atoms with Crippen molar-refractivity contribution in [1.82, 2.24) is 0 Å². The van der Waals surface area contributed by atoms with Gasteiger partial charge >= 0.3 is 0 Å². The van der Waals surface area contributed by atoms with Crippen LogP contribution in [0.15, 0.2) is 18.2 Å². The van der Waals surface area contributed by atoms with Crippen molar-refractivity contribution >= 4 is 0 Å². The lowest BCUT2D eigenvalue weighted by Gasteiger charge is -2.10. The second kappa shape index (κ2) is 5.79. The van der Waals surface area contributed by atoms with E-state index in [-0.39, 0.29) is 5.82 Å². The molecule has 0 bridgehead atoms. The van der Waals surface area contributed by atoms with Crippen LogP contribution in [0, 0.1) is 23.1 Å². The van der Waals surface area contributed by atoms with E-state index in [4.69, 9.17) is 10.00 Å². The fourth-order valence-electron chi connectivity index (χ4n) is 2.32. The van der Waals surface area contributed by atoms with Gasteiger partial charge in [0.2, 0.25) is 0 Å². The largest absolute Gasteiger partial charge is 0.376 e. The van der Waals surface area contributed by atoms with Crippen molar-refractivity contribution in [3.05, 3.63) is 35.1 Å². The van der Waals surface area contributed by atoms with Gasteiger partial charge in [0.15, 0.2) is 0 Å². The van der Waals surface area contributed by atoms with E-state index in [1.807, 2.05) is 6.07 Å². The van der Waals surface area contributed by atoms with Gasteiger partial charge in [-0.15, -0.1) is 0 Å². The Labute approximate surface area is 101 Å². The fourth-order valence-corrected chi connectivity index (χ4v) is 2.32. The third kappa shape index (κ3) is 3.54. The van der Waals surface area contributed by atoms with E-state index in [0.29, 0.717) is 18.1 Å². The highest BCUT2D eigenvalue weighted by molar-refractivity contribution is 5.33.